The number of methoxy groups -OCH3 is 2. The molecule has 1 fully saturated rings. The van der Waals surface area contributed by atoms with Crippen molar-refractivity contribution in [1.29, 1.82) is 0 Å². The molecule has 1 atom stereocenters. The van der Waals surface area contributed by atoms with Gasteiger partial charge in [-0.2, -0.15) is 0 Å². The van der Waals surface area contributed by atoms with Gasteiger partial charge < -0.3 is 9.47 Å². The number of benzene rings is 1. The first-order chi connectivity index (χ1) is 11.1. The third-order valence-electron chi connectivity index (χ3n) is 4.51. The molecule has 126 valence electrons. The molecule has 1 heterocycles. The average molecular weight is 317 g/mol. The summed E-state index contributed by atoms with van der Waals surface area (Å²) in [4.78, 5) is 15.2. The zero-order chi connectivity index (χ0) is 16.8. The second kappa shape index (κ2) is 8.16. The van der Waals surface area contributed by atoms with Crippen LogP contribution in [-0.2, 0) is 0 Å². The van der Waals surface area contributed by atoms with Crippen LogP contribution in [0.2, 0.25) is 0 Å². The number of ketones is 1. The maximum atomic E-state index is 12.8. The Kier molecular flexibility index (Phi) is 6.22. The fourth-order valence-corrected chi connectivity index (χ4v) is 3.08. The van der Waals surface area contributed by atoms with E-state index in [1.807, 2.05) is 6.07 Å². The summed E-state index contributed by atoms with van der Waals surface area (Å²) >= 11 is 0. The molecular weight excluding hydrogens is 290 g/mol. The SMILES string of the molecule is CC=C(C)CN1CCCC(C(=O)c2ccc(OC)c(OC)c2)C1. The summed E-state index contributed by atoms with van der Waals surface area (Å²) in [6.07, 6.45) is 4.17. The van der Waals surface area contributed by atoms with Gasteiger partial charge in [-0.1, -0.05) is 11.6 Å². The molecule has 1 saturated heterocycles. The van der Waals surface area contributed by atoms with Gasteiger partial charge in [-0.05, 0) is 51.4 Å². The van der Waals surface area contributed by atoms with E-state index in [0.717, 1.165) is 32.5 Å². The summed E-state index contributed by atoms with van der Waals surface area (Å²) in [7, 11) is 3.19. The van der Waals surface area contributed by atoms with Crippen LogP contribution >= 0.6 is 0 Å². The molecule has 1 aromatic rings. The molecular formula is C19H27NO3. The lowest BCUT2D eigenvalue weighted by molar-refractivity contribution is 0.0828. The molecule has 4 heteroatoms. The van der Waals surface area contributed by atoms with Crippen molar-refractivity contribution in [3.05, 3.63) is 35.4 Å². The van der Waals surface area contributed by atoms with E-state index in [9.17, 15) is 4.79 Å². The molecule has 23 heavy (non-hydrogen) atoms. The second-order valence-corrected chi connectivity index (χ2v) is 6.14. The van der Waals surface area contributed by atoms with Crippen molar-refractivity contribution < 1.29 is 14.3 Å². The number of hydrogen-bond donors (Lipinski definition) is 0. The van der Waals surface area contributed by atoms with E-state index in [1.54, 1.807) is 26.4 Å². The number of hydrogen-bond acceptors (Lipinski definition) is 4. The van der Waals surface area contributed by atoms with E-state index in [1.165, 1.54) is 5.57 Å². The lowest BCUT2D eigenvalue weighted by Crippen LogP contribution is -2.39. The predicted octanol–water partition coefficient (Wildman–Crippen LogP) is 3.56. The number of ether oxygens (including phenoxy) is 2. The van der Waals surface area contributed by atoms with Crippen LogP contribution in [-0.4, -0.2) is 44.5 Å². The molecule has 0 spiro atoms. The molecule has 0 aromatic heterocycles. The number of nitrogens with zero attached hydrogens (tertiary/aromatic N) is 1. The van der Waals surface area contributed by atoms with Crippen LogP contribution in [0.1, 0.15) is 37.0 Å². The highest BCUT2D eigenvalue weighted by atomic mass is 16.5. The summed E-state index contributed by atoms with van der Waals surface area (Å²) < 4.78 is 10.5. The van der Waals surface area contributed by atoms with Crippen molar-refractivity contribution in [2.45, 2.75) is 26.7 Å². The predicted molar refractivity (Wildman–Crippen MR) is 92.5 cm³/mol. The van der Waals surface area contributed by atoms with E-state index >= 15 is 0 Å². The molecule has 0 radical (unpaired) electrons. The minimum Gasteiger partial charge on any atom is -0.493 e. The topological polar surface area (TPSA) is 38.8 Å². The van der Waals surface area contributed by atoms with Gasteiger partial charge in [0.05, 0.1) is 14.2 Å². The zero-order valence-electron chi connectivity index (χ0n) is 14.6. The number of Topliss-reactive ketones (excluding diaryl/α,β-unsaturated/α-hetero) is 1. The molecule has 0 N–H and O–H groups in total. The Morgan fingerprint density at radius 2 is 2.04 bits per heavy atom. The Bertz CT molecular complexity index is 580. The fraction of sp³-hybridized carbons (Fsp3) is 0.526. The Hall–Kier alpha value is -1.81. The van der Waals surface area contributed by atoms with Crippen molar-refractivity contribution >= 4 is 5.78 Å². The van der Waals surface area contributed by atoms with E-state index < -0.39 is 0 Å². The monoisotopic (exact) mass is 317 g/mol. The highest BCUT2D eigenvalue weighted by molar-refractivity contribution is 5.98. The molecule has 1 aliphatic heterocycles. The van der Waals surface area contributed by atoms with Gasteiger partial charge in [0.2, 0.25) is 0 Å². The third-order valence-corrected chi connectivity index (χ3v) is 4.51. The van der Waals surface area contributed by atoms with E-state index in [-0.39, 0.29) is 11.7 Å². The van der Waals surface area contributed by atoms with Crippen LogP contribution in [0.5, 0.6) is 11.5 Å². The van der Waals surface area contributed by atoms with Gasteiger partial charge in [-0.15, -0.1) is 0 Å². The second-order valence-electron chi connectivity index (χ2n) is 6.14. The standard InChI is InChI=1S/C19H27NO3/c1-5-14(2)12-20-10-6-7-16(13-20)19(21)15-8-9-17(22-3)18(11-15)23-4/h5,8-9,11,16H,6-7,10,12-13H2,1-4H3. The van der Waals surface area contributed by atoms with Gasteiger partial charge in [0.1, 0.15) is 0 Å². The molecule has 1 unspecified atom stereocenters. The first kappa shape index (κ1) is 17.5. The maximum Gasteiger partial charge on any atom is 0.167 e. The van der Waals surface area contributed by atoms with Gasteiger partial charge in [-0.25, -0.2) is 0 Å². The van der Waals surface area contributed by atoms with E-state index in [4.69, 9.17) is 9.47 Å². The van der Waals surface area contributed by atoms with Crippen LogP contribution in [0.3, 0.4) is 0 Å². The molecule has 0 saturated carbocycles. The van der Waals surface area contributed by atoms with Crippen LogP contribution in [0.25, 0.3) is 0 Å². The van der Waals surface area contributed by atoms with Gasteiger partial charge in [-0.3, -0.25) is 9.69 Å². The van der Waals surface area contributed by atoms with Gasteiger partial charge in [0.25, 0.3) is 0 Å². The van der Waals surface area contributed by atoms with E-state index in [0.29, 0.717) is 17.1 Å². The van der Waals surface area contributed by atoms with E-state index in [2.05, 4.69) is 24.8 Å². The molecule has 4 nitrogen and oxygen atoms in total. The van der Waals surface area contributed by atoms with Crippen molar-refractivity contribution in [2.75, 3.05) is 33.9 Å². The molecule has 1 aliphatic rings. The lowest BCUT2D eigenvalue weighted by atomic mass is 9.89. The van der Waals surface area contributed by atoms with Gasteiger partial charge in [0.15, 0.2) is 17.3 Å². The number of likely N-dealkylation sites (tertiary alicyclic amines) is 1. The summed E-state index contributed by atoms with van der Waals surface area (Å²) in [5.41, 5.74) is 2.06. The van der Waals surface area contributed by atoms with Crippen LogP contribution in [0, 0.1) is 5.92 Å². The summed E-state index contributed by atoms with van der Waals surface area (Å²) in [6, 6.07) is 5.42. The quantitative estimate of drug-likeness (QED) is 0.594. The Labute approximate surface area is 139 Å². The Morgan fingerprint density at radius 3 is 2.70 bits per heavy atom. The third kappa shape index (κ3) is 4.35. The number of carbonyl (C=O) groups excluding carboxylic acids is 1. The first-order valence-corrected chi connectivity index (χ1v) is 8.19. The highest BCUT2D eigenvalue weighted by Gasteiger charge is 2.27. The minimum atomic E-state index is 0.0616. The number of allylic oxidation sites excluding steroid dienone is 1. The summed E-state index contributed by atoms with van der Waals surface area (Å²) in [5.74, 6) is 1.52. The normalized spacial score (nSPS) is 19.5. The van der Waals surface area contributed by atoms with Crippen molar-refractivity contribution in [3.8, 4) is 11.5 Å². The molecule has 0 amide bonds. The van der Waals surface area contributed by atoms with Crippen LogP contribution in [0.4, 0.5) is 0 Å². The average Bonchev–Trinajstić information content (AvgIpc) is 2.60. The summed E-state index contributed by atoms with van der Waals surface area (Å²) in [5, 5.41) is 0. The molecule has 0 bridgehead atoms. The molecule has 1 aromatic carbocycles. The fourth-order valence-electron chi connectivity index (χ4n) is 3.08. The van der Waals surface area contributed by atoms with Crippen LogP contribution < -0.4 is 9.47 Å². The lowest BCUT2D eigenvalue weighted by Gasteiger charge is -2.32. The van der Waals surface area contributed by atoms with Crippen molar-refractivity contribution in [2.24, 2.45) is 5.92 Å². The zero-order valence-corrected chi connectivity index (χ0v) is 14.6. The number of carbonyl (C=O) groups is 1. The number of rotatable bonds is 6. The van der Waals surface area contributed by atoms with Gasteiger partial charge >= 0.3 is 0 Å². The minimum absolute atomic E-state index is 0.0616. The maximum absolute atomic E-state index is 12.8. The largest absolute Gasteiger partial charge is 0.493 e. The Morgan fingerprint density at radius 1 is 1.30 bits per heavy atom. The molecule has 0 aliphatic carbocycles. The number of piperidine rings is 1. The van der Waals surface area contributed by atoms with Crippen molar-refractivity contribution in [3.63, 3.8) is 0 Å². The summed E-state index contributed by atoms with van der Waals surface area (Å²) in [6.45, 7) is 7.05. The highest BCUT2D eigenvalue weighted by Crippen LogP contribution is 2.30. The molecule has 2 rings (SSSR count). The van der Waals surface area contributed by atoms with Crippen molar-refractivity contribution in [1.82, 2.24) is 4.90 Å². The van der Waals surface area contributed by atoms with Crippen LogP contribution in [0.15, 0.2) is 29.8 Å². The Balaban J connectivity index is 2.10. The smallest absolute Gasteiger partial charge is 0.167 e. The first-order valence-electron chi connectivity index (χ1n) is 8.19. The van der Waals surface area contributed by atoms with Gasteiger partial charge in [0, 0.05) is 24.6 Å².